The maximum Gasteiger partial charge on any atom is 0.407 e. The fourth-order valence-electron chi connectivity index (χ4n) is 2.27. The van der Waals surface area contributed by atoms with E-state index < -0.39 is 24.6 Å². The maximum atomic E-state index is 12.3. The third-order valence-corrected chi connectivity index (χ3v) is 3.95. The van der Waals surface area contributed by atoms with Gasteiger partial charge in [0.05, 0.1) is 6.42 Å². The lowest BCUT2D eigenvalue weighted by atomic mass is 10.1. The highest BCUT2D eigenvalue weighted by molar-refractivity contribution is 7.71. The minimum Gasteiger partial charge on any atom is -0.445 e. The molecular weight excluding hydrogens is 411 g/mol. The van der Waals surface area contributed by atoms with Crippen molar-refractivity contribution >= 4 is 24.2 Å². The van der Waals surface area contributed by atoms with E-state index in [9.17, 15) is 28.0 Å². The molecule has 2 rings (SSSR count). The van der Waals surface area contributed by atoms with Crippen molar-refractivity contribution in [2.45, 2.75) is 19.2 Å². The number of carbonyl (C=O) groups excluding carboxylic acids is 2. The zero-order chi connectivity index (χ0) is 21.4. The number of halogens is 3. The van der Waals surface area contributed by atoms with Crippen LogP contribution in [0.2, 0.25) is 0 Å². The highest BCUT2D eigenvalue weighted by Crippen LogP contribution is 2.21. The maximum absolute atomic E-state index is 12.3. The van der Waals surface area contributed by atoms with Crippen molar-refractivity contribution in [1.82, 2.24) is 15.4 Å². The Morgan fingerprint density at radius 3 is 2.31 bits per heavy atom. The van der Waals surface area contributed by atoms with Gasteiger partial charge in [-0.05, 0) is 23.3 Å². The van der Waals surface area contributed by atoms with Gasteiger partial charge in [-0.3, -0.25) is 4.79 Å². The van der Waals surface area contributed by atoms with Gasteiger partial charge in [0.1, 0.15) is 16.9 Å². The molecule has 0 saturated carbocycles. The van der Waals surface area contributed by atoms with Gasteiger partial charge in [0.25, 0.3) is 5.91 Å². The molecular formula is C18H18F3N3O4S. The average molecular weight is 429 g/mol. The molecule has 0 unspecified atom stereocenters. The third kappa shape index (κ3) is 7.45. The first-order valence-electron chi connectivity index (χ1n) is 8.40. The molecule has 0 spiro atoms. The van der Waals surface area contributed by atoms with Crippen LogP contribution in [0, 0.1) is 4.64 Å². The van der Waals surface area contributed by atoms with Crippen LogP contribution in [0.25, 0.3) is 0 Å². The molecule has 7 nitrogen and oxygen atoms in total. The highest BCUT2D eigenvalue weighted by Gasteiger charge is 2.27. The van der Waals surface area contributed by atoms with Crippen molar-refractivity contribution < 1.29 is 32.7 Å². The van der Waals surface area contributed by atoms with Crippen LogP contribution in [0.3, 0.4) is 0 Å². The highest BCUT2D eigenvalue weighted by atomic mass is 32.1. The van der Waals surface area contributed by atoms with Crippen molar-refractivity contribution in [2.75, 3.05) is 13.1 Å². The molecule has 2 aromatic rings. The molecule has 1 aromatic carbocycles. The molecule has 2 amide bonds. The summed E-state index contributed by atoms with van der Waals surface area (Å²) in [7, 11) is 0. The Morgan fingerprint density at radius 1 is 1.03 bits per heavy atom. The minimum absolute atomic E-state index is 0.0472. The number of alkyl carbamates (subject to hydrolysis) is 1. The van der Waals surface area contributed by atoms with Crippen LogP contribution in [0.5, 0.6) is 0 Å². The lowest BCUT2D eigenvalue weighted by Gasteiger charge is -2.10. The molecule has 1 aromatic heterocycles. The summed E-state index contributed by atoms with van der Waals surface area (Å²) < 4.78 is 42.5. The molecule has 0 atom stereocenters. The number of nitrogens with zero attached hydrogens (tertiary/aromatic N) is 1. The van der Waals surface area contributed by atoms with Crippen LogP contribution in [0.15, 0.2) is 42.5 Å². The molecule has 0 bridgehead atoms. The van der Waals surface area contributed by atoms with E-state index >= 15 is 0 Å². The molecule has 1 heterocycles. The standard InChI is InChI=1S/C18H18F3N3O4S/c19-18(20,21)10-12-4-6-13(7-5-12)11-28-17(26)23-9-8-22-16(25)14-2-1-3-15(29)24(14)27/h1-7,27H,8-11H2,(H,22,25)(H,23,26). The van der Waals surface area contributed by atoms with E-state index in [1.807, 2.05) is 0 Å². The van der Waals surface area contributed by atoms with E-state index in [-0.39, 0.29) is 35.6 Å². The van der Waals surface area contributed by atoms with Gasteiger partial charge in [-0.2, -0.15) is 17.9 Å². The molecule has 11 heteroatoms. The zero-order valence-corrected chi connectivity index (χ0v) is 15.8. The zero-order valence-electron chi connectivity index (χ0n) is 15.0. The summed E-state index contributed by atoms with van der Waals surface area (Å²) in [5.41, 5.74) is 0.608. The van der Waals surface area contributed by atoms with E-state index in [2.05, 4.69) is 10.6 Å². The summed E-state index contributed by atoms with van der Waals surface area (Å²) in [4.78, 5) is 23.6. The van der Waals surface area contributed by atoms with Crippen molar-refractivity contribution in [3.05, 3.63) is 63.9 Å². The number of amides is 2. The van der Waals surface area contributed by atoms with Gasteiger partial charge in [-0.1, -0.05) is 42.5 Å². The number of aromatic nitrogens is 1. The summed E-state index contributed by atoms with van der Waals surface area (Å²) in [5.74, 6) is -0.576. The van der Waals surface area contributed by atoms with E-state index in [1.54, 1.807) is 0 Å². The second-order valence-corrected chi connectivity index (χ2v) is 6.35. The fourth-order valence-corrected chi connectivity index (χ4v) is 2.45. The van der Waals surface area contributed by atoms with Crippen LogP contribution in [-0.2, 0) is 17.8 Å². The lowest BCUT2D eigenvalue weighted by molar-refractivity contribution is -0.127. The molecule has 3 N–H and O–H groups in total. The van der Waals surface area contributed by atoms with Gasteiger partial charge >= 0.3 is 12.3 Å². The number of pyridine rings is 1. The second-order valence-electron chi connectivity index (χ2n) is 5.93. The monoisotopic (exact) mass is 429 g/mol. The summed E-state index contributed by atoms with van der Waals surface area (Å²) in [5, 5.41) is 14.6. The van der Waals surface area contributed by atoms with Gasteiger partial charge in [-0.15, -0.1) is 0 Å². The number of hydrogen-bond acceptors (Lipinski definition) is 5. The summed E-state index contributed by atoms with van der Waals surface area (Å²) in [6.45, 7) is 0.0243. The van der Waals surface area contributed by atoms with Gasteiger partial charge in [0, 0.05) is 13.1 Å². The van der Waals surface area contributed by atoms with E-state index in [0.717, 1.165) is 0 Å². The normalized spacial score (nSPS) is 11.0. The van der Waals surface area contributed by atoms with Gasteiger partial charge in [0.15, 0.2) is 0 Å². The van der Waals surface area contributed by atoms with Crippen LogP contribution < -0.4 is 10.6 Å². The summed E-state index contributed by atoms with van der Waals surface area (Å²) in [6, 6.07) is 9.91. The fraction of sp³-hybridized carbons (Fsp3) is 0.278. The van der Waals surface area contributed by atoms with Crippen LogP contribution in [-0.4, -0.2) is 41.2 Å². The quantitative estimate of drug-likeness (QED) is 0.357. The number of nitrogens with one attached hydrogen (secondary N) is 2. The van der Waals surface area contributed by atoms with E-state index in [0.29, 0.717) is 10.3 Å². The number of ether oxygens (including phenoxy) is 1. The predicted octanol–water partition coefficient (Wildman–Crippen LogP) is 3.22. The van der Waals surface area contributed by atoms with Crippen molar-refractivity contribution in [2.24, 2.45) is 0 Å². The Hall–Kier alpha value is -3.08. The number of hydrogen-bond donors (Lipinski definition) is 3. The van der Waals surface area contributed by atoms with Gasteiger partial charge < -0.3 is 20.6 Å². The second kappa shape index (κ2) is 9.92. The third-order valence-electron chi connectivity index (χ3n) is 3.64. The van der Waals surface area contributed by atoms with Gasteiger partial charge in [0.2, 0.25) is 0 Å². The minimum atomic E-state index is -4.28. The van der Waals surface area contributed by atoms with Crippen molar-refractivity contribution in [1.29, 1.82) is 0 Å². The number of carbonyl (C=O) groups is 2. The molecule has 29 heavy (non-hydrogen) atoms. The molecule has 0 aliphatic rings. The first-order chi connectivity index (χ1) is 13.7. The number of rotatable bonds is 7. The van der Waals surface area contributed by atoms with Crippen LogP contribution in [0.1, 0.15) is 21.6 Å². The summed E-state index contributed by atoms with van der Waals surface area (Å²) in [6.07, 6.45) is -6.05. The molecule has 0 saturated heterocycles. The Balaban J connectivity index is 1.69. The van der Waals surface area contributed by atoms with Crippen molar-refractivity contribution in [3.63, 3.8) is 0 Å². The molecule has 0 radical (unpaired) electrons. The number of benzene rings is 1. The van der Waals surface area contributed by atoms with E-state index in [1.165, 1.54) is 42.5 Å². The summed E-state index contributed by atoms with van der Waals surface area (Å²) >= 11 is 4.84. The van der Waals surface area contributed by atoms with Crippen molar-refractivity contribution in [3.8, 4) is 0 Å². The Labute approximate surface area is 169 Å². The molecule has 0 aliphatic carbocycles. The van der Waals surface area contributed by atoms with Crippen LogP contribution >= 0.6 is 12.2 Å². The molecule has 0 aliphatic heterocycles. The largest absolute Gasteiger partial charge is 0.445 e. The Kier molecular flexibility index (Phi) is 7.59. The smallest absolute Gasteiger partial charge is 0.407 e. The topological polar surface area (TPSA) is 92.6 Å². The average Bonchev–Trinajstić information content (AvgIpc) is 2.65. The SMILES string of the molecule is O=C(NCCNC(=O)c1cccc(=S)n1O)OCc1ccc(CC(F)(F)F)cc1. The first kappa shape index (κ1) is 22.2. The van der Waals surface area contributed by atoms with Crippen LogP contribution in [0.4, 0.5) is 18.0 Å². The predicted molar refractivity (Wildman–Crippen MR) is 99.2 cm³/mol. The van der Waals surface area contributed by atoms with E-state index in [4.69, 9.17) is 17.0 Å². The molecule has 156 valence electrons. The first-order valence-corrected chi connectivity index (χ1v) is 8.81. The Bertz CT molecular complexity index is 914. The lowest BCUT2D eigenvalue weighted by Crippen LogP contribution is -2.35. The molecule has 0 fully saturated rings. The number of alkyl halides is 3. The van der Waals surface area contributed by atoms with Gasteiger partial charge in [-0.25, -0.2) is 4.79 Å². The Morgan fingerprint density at radius 2 is 1.66 bits per heavy atom.